The van der Waals surface area contributed by atoms with Crippen molar-refractivity contribution in [1.29, 1.82) is 0 Å². The molecule has 0 aliphatic carbocycles. The Bertz CT molecular complexity index is 3590. The van der Waals surface area contributed by atoms with E-state index >= 15 is 4.79 Å². The number of imidazole rings is 1. The molecule has 31 N–H and O–H groups in total. The average molecular weight is 1570 g/mol. The summed E-state index contributed by atoms with van der Waals surface area (Å²) in [5.74, 6) is -9.01. The van der Waals surface area contributed by atoms with Crippen molar-refractivity contribution in [2.24, 2.45) is 40.3 Å². The van der Waals surface area contributed by atoms with Gasteiger partial charge in [0.05, 0.1) is 78.7 Å². The predicted molar refractivity (Wildman–Crippen MR) is 381 cm³/mol. The number of hydrogen-bond acceptors (Lipinski definition) is 35. The molecule has 2 aliphatic heterocycles. The number of carbonyl (C=O) groups is 9. The number of primary amides is 3. The SMILES string of the molecule is Cc1c(N)nc([C@H](CC(N)=O)NC[C@H](N)C(N)=O)nc1C(=O)N[C@H](C(=O)N[C@H](C)[C@@H](O)[C@H](C)C(=O)N[C@H](C(=O)NCCc1nc(-c2nc(C(=O)NCCCNCCCCNC(=O)[C@H](N)CCCCN)cs2)cs1)[C@@H](C)O)[C@@H](O[C@@H]1O[C@@H](CO)[C@@H](O)[C@H](O)[C@@H]1O[C@H]1O[C@H](CO)[C@@H](O)[C@H](OC(N)=O)[C@@H]1O)c1cnc[nH]1. The molecular weight excluding hydrogens is 1470 g/mol. The molecule has 4 aromatic rings. The quantitative estimate of drug-likeness (QED) is 0.0183. The molecule has 43 nitrogen and oxygen atoms in total. The highest BCUT2D eigenvalue weighted by Crippen LogP contribution is 2.35. The standard InChI is InChI=1S/C63H101N21O22S2/c1-26-40(81-53(84-51(26)68)32(18-38(67)88)76-19-31(66)52(69)94)58(99)83-42(48(33-20-72-25-77-33)104-62-50(46(92)44(90)36(21-85)103-62)105-61-47(93)49(106-63(70)101)45(91)37(22-86)102-61)59(100)78-28(3)43(89)27(2)54(95)82-41(29(4)87)57(98)75-17-11-39-79-35(24-107-39)60-80-34(23-108-60)56(97)74-16-9-14-71-13-7-8-15-73-55(96)30(65)10-5-6-12-64/h20,23-25,27-32,36-37,41-50,61-62,71,76,85-87,89-93H,5-19,21-22,64-66H2,1-4H3,(H2,67,88)(H2,69,94)(H2,70,101)(H,72,77)(H,73,96)(H,74,97)(H,75,98)(H,78,100)(H,82,95)(H,83,99)(H2,68,81,84)/t27-,28+,29+,30+,31-,32-,36-,37+,41-,42-,43-,44+,45+,46-,47-,48-,49-,50-,61+,62-/m0/s1. The molecule has 0 unspecified atom stereocenters. The number of nitrogens with zero attached hydrogens (tertiary/aromatic N) is 5. The number of aromatic nitrogens is 6. The summed E-state index contributed by atoms with van der Waals surface area (Å²) in [7, 11) is 0. The zero-order valence-electron chi connectivity index (χ0n) is 59.8. The maximum atomic E-state index is 15.2. The van der Waals surface area contributed by atoms with Gasteiger partial charge in [0.25, 0.3) is 11.8 Å². The number of nitrogens with one attached hydrogen (secondary N) is 9. The van der Waals surface area contributed by atoms with E-state index in [0.717, 1.165) is 44.8 Å². The number of nitrogen functional groups attached to an aromatic ring is 1. The first-order chi connectivity index (χ1) is 51.3. The first kappa shape index (κ1) is 88.6. The van der Waals surface area contributed by atoms with E-state index in [0.29, 0.717) is 54.7 Å². The van der Waals surface area contributed by atoms with Crippen LogP contribution >= 0.6 is 22.7 Å². The number of H-pyrrole nitrogens is 1. The van der Waals surface area contributed by atoms with Crippen molar-refractivity contribution in [3.63, 3.8) is 0 Å². The Morgan fingerprint density at radius 2 is 1.37 bits per heavy atom. The topological polar surface area (TPSA) is 720 Å². The first-order valence-corrected chi connectivity index (χ1v) is 36.4. The number of anilines is 1. The van der Waals surface area contributed by atoms with Gasteiger partial charge in [-0.1, -0.05) is 13.3 Å². The molecule has 9 amide bonds. The summed E-state index contributed by atoms with van der Waals surface area (Å²) < 4.78 is 28.8. The second kappa shape index (κ2) is 43.2. The molecule has 0 spiro atoms. The molecule has 2 saturated heterocycles. The fourth-order valence-corrected chi connectivity index (χ4v) is 12.8. The molecule has 0 aromatic carbocycles. The number of ether oxygens (including phenoxy) is 5. The van der Waals surface area contributed by atoms with Crippen molar-refractivity contribution in [3.05, 3.63) is 56.8 Å². The number of aliphatic hydroxyl groups is 8. The number of rotatable bonds is 45. The van der Waals surface area contributed by atoms with Crippen molar-refractivity contribution in [1.82, 2.24) is 72.4 Å². The van der Waals surface area contributed by atoms with Crippen LogP contribution in [0.2, 0.25) is 0 Å². The highest BCUT2D eigenvalue weighted by atomic mass is 32.1. The molecule has 0 saturated carbocycles. The number of thiazole rings is 2. The number of nitrogens with two attached hydrogens (primary N) is 7. The lowest BCUT2D eigenvalue weighted by atomic mass is 9.96. The number of aliphatic hydroxyl groups excluding tert-OH is 8. The van der Waals surface area contributed by atoms with Gasteiger partial charge in [-0.2, -0.15) is 0 Å². The molecule has 20 atom stereocenters. The molecule has 6 rings (SSSR count). The van der Waals surface area contributed by atoms with Gasteiger partial charge < -0.3 is 152 Å². The first-order valence-electron chi connectivity index (χ1n) is 34.7. The molecule has 2 fully saturated rings. The van der Waals surface area contributed by atoms with Crippen LogP contribution in [-0.4, -0.2) is 287 Å². The zero-order valence-corrected chi connectivity index (χ0v) is 61.4. The minimum Gasteiger partial charge on any atom is -0.441 e. The maximum Gasteiger partial charge on any atom is 0.404 e. The highest BCUT2D eigenvalue weighted by molar-refractivity contribution is 7.14. The van der Waals surface area contributed by atoms with Gasteiger partial charge in [0, 0.05) is 55.3 Å². The van der Waals surface area contributed by atoms with Crippen LogP contribution in [0.15, 0.2) is 23.3 Å². The van der Waals surface area contributed by atoms with Crippen molar-refractivity contribution >= 4 is 81.8 Å². The van der Waals surface area contributed by atoms with Gasteiger partial charge in [0.1, 0.15) is 94.6 Å². The molecule has 0 radical (unpaired) electrons. The molecule has 0 bridgehead atoms. The van der Waals surface area contributed by atoms with Crippen LogP contribution in [0.1, 0.15) is 121 Å². The Hall–Kier alpha value is -8.30. The maximum absolute atomic E-state index is 15.2. The van der Waals surface area contributed by atoms with Gasteiger partial charge >= 0.3 is 6.09 Å². The third kappa shape index (κ3) is 25.4. The Labute approximate surface area is 627 Å². The van der Waals surface area contributed by atoms with E-state index in [1.807, 2.05) is 0 Å². The van der Waals surface area contributed by atoms with Crippen LogP contribution in [-0.2, 0) is 58.9 Å². The van der Waals surface area contributed by atoms with E-state index in [1.165, 1.54) is 50.4 Å². The lowest BCUT2D eigenvalue weighted by molar-refractivity contribution is -0.372. The van der Waals surface area contributed by atoms with Crippen molar-refractivity contribution in [3.8, 4) is 10.7 Å². The molecule has 2 aliphatic rings. The normalized spacial score (nSPS) is 22.8. The van der Waals surface area contributed by atoms with Gasteiger partial charge in [-0.25, -0.2) is 29.7 Å². The predicted octanol–water partition coefficient (Wildman–Crippen LogP) is -8.64. The number of amides is 9. The van der Waals surface area contributed by atoms with E-state index in [9.17, 15) is 79.2 Å². The number of unbranched alkanes of at least 4 members (excludes halogenated alkanes) is 2. The fraction of sp³-hybridized carbons (Fsp3) is 0.651. The summed E-state index contributed by atoms with van der Waals surface area (Å²) >= 11 is 2.47. The van der Waals surface area contributed by atoms with Crippen molar-refractivity contribution in [2.45, 2.75) is 195 Å². The number of hydrogen-bond donors (Lipinski definition) is 24. The minimum absolute atomic E-state index is 0.0312. The van der Waals surface area contributed by atoms with Gasteiger partial charge in [-0.15, -0.1) is 22.7 Å². The minimum atomic E-state index is -2.21. The molecule has 45 heteroatoms. The number of aromatic amines is 1. The van der Waals surface area contributed by atoms with E-state index in [-0.39, 0.29) is 59.9 Å². The van der Waals surface area contributed by atoms with Crippen LogP contribution in [0, 0.1) is 12.8 Å². The second-order valence-corrected chi connectivity index (χ2v) is 27.6. The van der Waals surface area contributed by atoms with E-state index in [2.05, 4.69) is 72.4 Å². The summed E-state index contributed by atoms with van der Waals surface area (Å²) in [6, 6.07) is -8.46. The van der Waals surface area contributed by atoms with Gasteiger partial charge in [0.15, 0.2) is 18.7 Å². The van der Waals surface area contributed by atoms with Gasteiger partial charge in [-0.3, -0.25) is 38.4 Å². The Kier molecular flexibility index (Phi) is 35.4. The van der Waals surface area contributed by atoms with Gasteiger partial charge in [0.2, 0.25) is 35.4 Å². The van der Waals surface area contributed by atoms with Crippen molar-refractivity contribution < 1.29 is 108 Å². The molecule has 4 aromatic heterocycles. The van der Waals surface area contributed by atoms with Crippen LogP contribution in [0.3, 0.4) is 0 Å². The fourth-order valence-electron chi connectivity index (χ4n) is 11.1. The van der Waals surface area contributed by atoms with Crippen LogP contribution in [0.25, 0.3) is 10.7 Å². The summed E-state index contributed by atoms with van der Waals surface area (Å²) in [5.41, 5.74) is 39.4. The third-order valence-corrected chi connectivity index (χ3v) is 19.2. The monoisotopic (exact) mass is 1570 g/mol. The molecule has 6 heterocycles. The third-order valence-electron chi connectivity index (χ3n) is 17.5. The van der Waals surface area contributed by atoms with Crippen LogP contribution in [0.5, 0.6) is 0 Å². The second-order valence-electron chi connectivity index (χ2n) is 25.8. The summed E-state index contributed by atoms with van der Waals surface area (Å²) in [5, 5.41) is 114. The molecule has 602 valence electrons. The Morgan fingerprint density at radius 3 is 2.03 bits per heavy atom. The summed E-state index contributed by atoms with van der Waals surface area (Å²) in [6.07, 6.45) is -20.8. The summed E-state index contributed by atoms with van der Waals surface area (Å²) in [4.78, 5) is 143. The summed E-state index contributed by atoms with van der Waals surface area (Å²) in [6.45, 7) is 5.45. The van der Waals surface area contributed by atoms with Gasteiger partial charge in [-0.05, 0) is 72.5 Å². The highest BCUT2D eigenvalue weighted by Gasteiger charge is 2.54. The van der Waals surface area contributed by atoms with Crippen molar-refractivity contribution in [2.75, 3.05) is 64.8 Å². The largest absolute Gasteiger partial charge is 0.441 e. The van der Waals surface area contributed by atoms with Crippen LogP contribution < -0.4 is 82.7 Å². The average Bonchev–Trinajstić information content (AvgIpc) is 0.987. The molecule has 108 heavy (non-hydrogen) atoms. The zero-order chi connectivity index (χ0) is 79.6. The van der Waals surface area contributed by atoms with E-state index in [4.69, 9.17) is 63.8 Å². The lowest BCUT2D eigenvalue weighted by Gasteiger charge is -2.47. The number of carbonyl (C=O) groups excluding carboxylic acids is 9. The van der Waals surface area contributed by atoms with E-state index < -0.39 is 189 Å². The Morgan fingerprint density at radius 1 is 0.694 bits per heavy atom. The smallest absolute Gasteiger partial charge is 0.404 e. The molecular formula is C63H101N21O22S2. The van der Waals surface area contributed by atoms with Crippen LogP contribution in [0.4, 0.5) is 10.6 Å². The van der Waals surface area contributed by atoms with E-state index in [1.54, 1.807) is 10.8 Å². The Balaban J connectivity index is 1.14. The lowest BCUT2D eigenvalue weighted by Crippen LogP contribution is -2.65.